The molecule has 3 heteroatoms. The molecule has 1 fully saturated rings. The summed E-state index contributed by atoms with van der Waals surface area (Å²) < 4.78 is 0. The van der Waals surface area contributed by atoms with E-state index in [0.717, 1.165) is 25.8 Å². The van der Waals surface area contributed by atoms with E-state index >= 15 is 0 Å². The molecule has 0 bridgehead atoms. The highest BCUT2D eigenvalue weighted by Gasteiger charge is 2.32. The molecule has 0 aromatic heterocycles. The number of benzene rings is 1. The number of hydrogen-bond acceptors (Lipinski definition) is 2. The third kappa shape index (κ3) is 3.57. The van der Waals surface area contributed by atoms with E-state index in [9.17, 15) is 4.79 Å². The molecule has 19 heavy (non-hydrogen) atoms. The summed E-state index contributed by atoms with van der Waals surface area (Å²) in [7, 11) is 0. The van der Waals surface area contributed by atoms with Gasteiger partial charge in [0.1, 0.15) is 0 Å². The summed E-state index contributed by atoms with van der Waals surface area (Å²) in [5.74, 6) is -0.504. The predicted molar refractivity (Wildman–Crippen MR) is 76.1 cm³/mol. The van der Waals surface area contributed by atoms with Crippen LogP contribution < -0.4 is 5.32 Å². The second-order valence-corrected chi connectivity index (χ2v) is 5.68. The van der Waals surface area contributed by atoms with Crippen molar-refractivity contribution < 1.29 is 9.90 Å². The molecule has 0 radical (unpaired) electrons. The van der Waals surface area contributed by atoms with Gasteiger partial charge in [-0.2, -0.15) is 0 Å². The number of nitrogens with one attached hydrogen (secondary N) is 1. The number of carboxylic acids is 1. The van der Waals surface area contributed by atoms with Gasteiger partial charge in [-0.15, -0.1) is 0 Å². The van der Waals surface area contributed by atoms with Crippen LogP contribution in [0.25, 0.3) is 0 Å². The number of rotatable bonds is 5. The van der Waals surface area contributed by atoms with Crippen molar-refractivity contribution in [3.05, 3.63) is 35.4 Å². The summed E-state index contributed by atoms with van der Waals surface area (Å²) >= 11 is 0. The zero-order valence-corrected chi connectivity index (χ0v) is 11.7. The Bertz CT molecular complexity index is 427. The van der Waals surface area contributed by atoms with E-state index in [1.165, 1.54) is 11.1 Å². The summed E-state index contributed by atoms with van der Waals surface area (Å²) in [5.41, 5.74) is 2.52. The first kappa shape index (κ1) is 14.1. The van der Waals surface area contributed by atoms with Gasteiger partial charge in [-0.3, -0.25) is 4.79 Å². The second-order valence-electron chi connectivity index (χ2n) is 5.68. The van der Waals surface area contributed by atoms with Gasteiger partial charge in [0.2, 0.25) is 0 Å². The zero-order chi connectivity index (χ0) is 13.8. The van der Waals surface area contributed by atoms with Crippen LogP contribution in [0.4, 0.5) is 0 Å². The molecule has 1 aliphatic rings. The first-order chi connectivity index (χ1) is 9.08. The number of carbonyl (C=O) groups is 1. The van der Waals surface area contributed by atoms with Crippen molar-refractivity contribution in [2.75, 3.05) is 6.54 Å². The molecule has 0 aliphatic heterocycles. The van der Waals surface area contributed by atoms with Crippen molar-refractivity contribution in [3.63, 3.8) is 0 Å². The molecule has 1 aromatic carbocycles. The van der Waals surface area contributed by atoms with Crippen LogP contribution in [-0.2, 0) is 4.79 Å². The predicted octanol–water partition coefficient (Wildman–Crippen LogP) is 3.15. The normalized spacial score (nSPS) is 24.3. The van der Waals surface area contributed by atoms with Crippen molar-refractivity contribution in [1.29, 1.82) is 0 Å². The Labute approximate surface area is 115 Å². The lowest BCUT2D eigenvalue weighted by atomic mass is 9.95. The Balaban J connectivity index is 1.88. The SMILES string of the molecule is Cc1ccc(C(C)NCC2CCCC2C(=O)O)cc1. The van der Waals surface area contributed by atoms with E-state index < -0.39 is 5.97 Å². The fourth-order valence-electron chi connectivity index (χ4n) is 2.91. The molecule has 3 nitrogen and oxygen atoms in total. The van der Waals surface area contributed by atoms with Crippen LogP contribution in [0.15, 0.2) is 24.3 Å². The van der Waals surface area contributed by atoms with Crippen LogP contribution in [0.3, 0.4) is 0 Å². The van der Waals surface area contributed by atoms with Crippen molar-refractivity contribution in [2.24, 2.45) is 11.8 Å². The molecule has 1 saturated carbocycles. The van der Waals surface area contributed by atoms with Crippen LogP contribution in [0.1, 0.15) is 43.4 Å². The fourth-order valence-corrected chi connectivity index (χ4v) is 2.91. The quantitative estimate of drug-likeness (QED) is 0.856. The number of aryl methyl sites for hydroxylation is 1. The average Bonchev–Trinajstić information content (AvgIpc) is 2.85. The van der Waals surface area contributed by atoms with Gasteiger partial charge in [0.25, 0.3) is 0 Å². The van der Waals surface area contributed by atoms with Crippen LogP contribution >= 0.6 is 0 Å². The van der Waals surface area contributed by atoms with E-state index in [2.05, 4.69) is 43.4 Å². The molecular formula is C16H23NO2. The van der Waals surface area contributed by atoms with Gasteiger partial charge in [0.05, 0.1) is 5.92 Å². The monoisotopic (exact) mass is 261 g/mol. The van der Waals surface area contributed by atoms with Crippen LogP contribution in [-0.4, -0.2) is 17.6 Å². The molecule has 2 N–H and O–H groups in total. The van der Waals surface area contributed by atoms with Crippen molar-refractivity contribution in [3.8, 4) is 0 Å². The van der Waals surface area contributed by atoms with Gasteiger partial charge in [0.15, 0.2) is 0 Å². The maximum absolute atomic E-state index is 11.1. The Morgan fingerprint density at radius 3 is 2.68 bits per heavy atom. The van der Waals surface area contributed by atoms with Gasteiger partial charge in [-0.05, 0) is 44.7 Å². The second kappa shape index (κ2) is 6.20. The first-order valence-corrected chi connectivity index (χ1v) is 7.10. The van der Waals surface area contributed by atoms with E-state index in [-0.39, 0.29) is 17.9 Å². The molecule has 0 heterocycles. The Morgan fingerprint density at radius 1 is 1.37 bits per heavy atom. The highest BCUT2D eigenvalue weighted by Crippen LogP contribution is 2.31. The van der Waals surface area contributed by atoms with E-state index in [4.69, 9.17) is 5.11 Å². The highest BCUT2D eigenvalue weighted by atomic mass is 16.4. The lowest BCUT2D eigenvalue weighted by Gasteiger charge is -2.20. The number of aliphatic carboxylic acids is 1. The largest absolute Gasteiger partial charge is 0.481 e. The number of hydrogen-bond donors (Lipinski definition) is 2. The highest BCUT2D eigenvalue weighted by molar-refractivity contribution is 5.70. The van der Waals surface area contributed by atoms with Crippen LogP contribution in [0, 0.1) is 18.8 Å². The summed E-state index contributed by atoms with van der Waals surface area (Å²) in [6.45, 7) is 5.01. The molecule has 0 spiro atoms. The van der Waals surface area contributed by atoms with Crippen LogP contribution in [0.2, 0.25) is 0 Å². The Hall–Kier alpha value is -1.35. The van der Waals surface area contributed by atoms with Crippen molar-refractivity contribution in [2.45, 2.75) is 39.2 Å². The lowest BCUT2D eigenvalue weighted by Crippen LogP contribution is -2.30. The van der Waals surface area contributed by atoms with E-state index in [1.807, 2.05) is 0 Å². The summed E-state index contributed by atoms with van der Waals surface area (Å²) in [5, 5.41) is 12.7. The standard InChI is InChI=1S/C16H23NO2/c1-11-6-8-13(9-7-11)12(2)17-10-14-4-3-5-15(14)16(18)19/h6-9,12,14-15,17H,3-5,10H2,1-2H3,(H,18,19). The smallest absolute Gasteiger partial charge is 0.306 e. The maximum atomic E-state index is 11.1. The van der Waals surface area contributed by atoms with Gasteiger partial charge in [-0.25, -0.2) is 0 Å². The molecule has 0 amide bonds. The molecule has 104 valence electrons. The third-order valence-corrected chi connectivity index (χ3v) is 4.24. The lowest BCUT2D eigenvalue weighted by molar-refractivity contribution is -0.142. The van der Waals surface area contributed by atoms with E-state index in [1.54, 1.807) is 0 Å². The molecule has 1 aromatic rings. The Morgan fingerprint density at radius 2 is 2.05 bits per heavy atom. The summed E-state index contributed by atoms with van der Waals surface area (Å²) in [6, 6.07) is 8.77. The minimum atomic E-state index is -0.632. The maximum Gasteiger partial charge on any atom is 0.306 e. The topological polar surface area (TPSA) is 49.3 Å². The minimum Gasteiger partial charge on any atom is -0.481 e. The van der Waals surface area contributed by atoms with Gasteiger partial charge >= 0.3 is 5.97 Å². The molecule has 3 unspecified atom stereocenters. The molecule has 2 rings (SSSR count). The summed E-state index contributed by atoms with van der Waals surface area (Å²) in [4.78, 5) is 11.1. The van der Waals surface area contributed by atoms with E-state index in [0.29, 0.717) is 0 Å². The average molecular weight is 261 g/mol. The summed E-state index contributed by atoms with van der Waals surface area (Å²) in [6.07, 6.45) is 2.91. The van der Waals surface area contributed by atoms with Crippen LogP contribution in [0.5, 0.6) is 0 Å². The van der Waals surface area contributed by atoms with Gasteiger partial charge < -0.3 is 10.4 Å². The first-order valence-electron chi connectivity index (χ1n) is 7.10. The molecule has 0 saturated heterocycles. The molecule has 1 aliphatic carbocycles. The molecular weight excluding hydrogens is 238 g/mol. The Kier molecular flexibility index (Phi) is 4.59. The number of carboxylic acid groups (broad SMARTS) is 1. The minimum absolute atomic E-state index is 0.155. The zero-order valence-electron chi connectivity index (χ0n) is 11.7. The van der Waals surface area contributed by atoms with Crippen molar-refractivity contribution >= 4 is 5.97 Å². The third-order valence-electron chi connectivity index (χ3n) is 4.24. The van der Waals surface area contributed by atoms with Crippen molar-refractivity contribution in [1.82, 2.24) is 5.32 Å². The van der Waals surface area contributed by atoms with Gasteiger partial charge in [-0.1, -0.05) is 36.2 Å². The fraction of sp³-hybridized carbons (Fsp3) is 0.562. The van der Waals surface area contributed by atoms with Gasteiger partial charge in [0, 0.05) is 6.04 Å². The molecule has 3 atom stereocenters.